The zero-order chi connectivity index (χ0) is 47.9. The van der Waals surface area contributed by atoms with Crippen LogP contribution in [0.1, 0.15) is 53.6 Å². The van der Waals surface area contributed by atoms with E-state index in [1.54, 1.807) is 0 Å². The van der Waals surface area contributed by atoms with E-state index < -0.39 is 0 Å². The van der Waals surface area contributed by atoms with Gasteiger partial charge in [0.25, 0.3) is 0 Å². The highest BCUT2D eigenvalue weighted by molar-refractivity contribution is 6.33. The van der Waals surface area contributed by atoms with Gasteiger partial charge in [0.2, 0.25) is 0 Å². The van der Waals surface area contributed by atoms with Crippen LogP contribution in [-0.2, 0) is 0 Å². The van der Waals surface area contributed by atoms with Gasteiger partial charge in [-0.2, -0.15) is 0 Å². The van der Waals surface area contributed by atoms with E-state index in [9.17, 15) is 0 Å². The second-order valence-corrected chi connectivity index (χ2v) is 20.1. The molecule has 0 N–H and O–H groups in total. The highest BCUT2D eigenvalue weighted by Gasteiger charge is 2.28. The van der Waals surface area contributed by atoms with Crippen LogP contribution in [0.2, 0.25) is 0 Å². The Labute approximate surface area is 412 Å². The second kappa shape index (κ2) is 16.9. The van der Waals surface area contributed by atoms with E-state index in [1.165, 1.54) is 132 Å². The van der Waals surface area contributed by atoms with Crippen LogP contribution >= 0.6 is 0 Å². The summed E-state index contributed by atoms with van der Waals surface area (Å²) < 4.78 is 0. The normalized spacial score (nSPS) is 14.0. The van der Waals surface area contributed by atoms with Crippen LogP contribution in [-0.4, -0.2) is 0 Å². The maximum absolute atomic E-state index is 2.56. The lowest BCUT2D eigenvalue weighted by molar-refractivity contribution is 0.679. The second-order valence-electron chi connectivity index (χ2n) is 20.1. The van der Waals surface area contributed by atoms with Gasteiger partial charge >= 0.3 is 0 Å². The molecule has 0 aromatic heterocycles. The minimum absolute atomic E-state index is 0.487. The summed E-state index contributed by atoms with van der Waals surface area (Å²) in [6.07, 6.45) is 5.89. The summed E-state index contributed by atoms with van der Waals surface area (Å²) >= 11 is 0. The first-order chi connectivity index (χ1) is 34.0. The average molecular weight is 903 g/mol. The molecule has 70 heavy (non-hydrogen) atoms. The first-order valence-electron chi connectivity index (χ1n) is 25.0. The Morgan fingerprint density at radius 3 is 1.23 bits per heavy atom. The predicted octanol–water partition coefficient (Wildman–Crippen LogP) is 19.6. The number of hydrogen-bond donors (Lipinski definition) is 0. The first kappa shape index (κ1) is 43.3. The van der Waals surface area contributed by atoms with Crippen molar-refractivity contribution >= 4 is 82.3 Å². The van der Waals surface area contributed by atoms with Crippen molar-refractivity contribution in [3.05, 3.63) is 233 Å². The van der Waals surface area contributed by atoms with Crippen LogP contribution in [0.15, 0.2) is 199 Å². The molecule has 0 aliphatic heterocycles. The average Bonchev–Trinajstić information content (AvgIpc) is 3.37. The quantitative estimate of drug-likeness (QED) is 0.140. The number of nitrogens with zero attached hydrogens (tertiary/aromatic N) is 2. The summed E-state index contributed by atoms with van der Waals surface area (Å²) in [5.41, 5.74) is 21.0. The zero-order valence-corrected chi connectivity index (χ0v) is 41.6. The summed E-state index contributed by atoms with van der Waals surface area (Å²) in [4.78, 5) is 5.08. The van der Waals surface area contributed by atoms with Crippen molar-refractivity contribution in [3.63, 3.8) is 0 Å². The van der Waals surface area contributed by atoms with E-state index in [1.807, 2.05) is 0 Å². The number of anilines is 5. The molecule has 2 heteroatoms. The largest absolute Gasteiger partial charge is 0.310 e. The molecule has 0 saturated carbocycles. The SMILES string of the molecule is CC1=CC(N(c2ccc(C)c(C)c2)c2cc(-c3cccc4ccccc34)c3ccc4c(N(c5ccc(C)c(C)c5)c5ccc(C)c(C)c5)cc(-c5cccc6ccccc56)c5ccc2c3c54)=CCC1C. The Hall–Kier alpha value is -7.94. The molecule has 0 fully saturated rings. The highest BCUT2D eigenvalue weighted by Crippen LogP contribution is 2.53. The van der Waals surface area contributed by atoms with Gasteiger partial charge in [0.05, 0.1) is 11.4 Å². The summed E-state index contributed by atoms with van der Waals surface area (Å²) in [6.45, 7) is 18.0. The number of fused-ring (bicyclic) bond motifs is 2. The lowest BCUT2D eigenvalue weighted by Gasteiger charge is -2.33. The van der Waals surface area contributed by atoms with Crippen LogP contribution in [0, 0.1) is 47.5 Å². The van der Waals surface area contributed by atoms with Gasteiger partial charge in [-0.3, -0.25) is 0 Å². The summed E-state index contributed by atoms with van der Waals surface area (Å²) in [7, 11) is 0. The van der Waals surface area contributed by atoms with Crippen molar-refractivity contribution in [1.82, 2.24) is 0 Å². The van der Waals surface area contributed by atoms with Gasteiger partial charge in [-0.1, -0.05) is 146 Å². The van der Waals surface area contributed by atoms with E-state index in [-0.39, 0.29) is 0 Å². The molecule has 1 aliphatic carbocycles. The molecule has 1 aliphatic rings. The number of benzene rings is 11. The third-order valence-corrected chi connectivity index (χ3v) is 15.8. The van der Waals surface area contributed by atoms with Crippen LogP contribution in [0.25, 0.3) is 76.1 Å². The third kappa shape index (κ3) is 7.08. The molecule has 0 saturated heterocycles. The van der Waals surface area contributed by atoms with Gasteiger partial charge in [-0.15, -0.1) is 0 Å². The number of rotatable bonds is 8. The van der Waals surface area contributed by atoms with E-state index in [0.717, 1.165) is 23.5 Å². The highest BCUT2D eigenvalue weighted by atomic mass is 15.2. The van der Waals surface area contributed by atoms with Gasteiger partial charge in [0, 0.05) is 44.3 Å². The molecule has 0 spiro atoms. The minimum atomic E-state index is 0.487. The Kier molecular flexibility index (Phi) is 10.5. The van der Waals surface area contributed by atoms with Crippen LogP contribution in [0.3, 0.4) is 0 Å². The van der Waals surface area contributed by atoms with Crippen molar-refractivity contribution in [2.45, 2.75) is 61.8 Å². The van der Waals surface area contributed by atoms with Gasteiger partial charge in [-0.25, -0.2) is 0 Å². The fourth-order valence-electron chi connectivity index (χ4n) is 11.2. The van der Waals surface area contributed by atoms with Crippen molar-refractivity contribution in [2.24, 2.45) is 5.92 Å². The molecule has 340 valence electrons. The van der Waals surface area contributed by atoms with Gasteiger partial charge in [-0.05, 0) is 203 Å². The molecule has 12 rings (SSSR count). The molecule has 0 amide bonds. The molecular formula is C68H58N2. The molecule has 0 radical (unpaired) electrons. The van der Waals surface area contributed by atoms with Gasteiger partial charge in [0.15, 0.2) is 0 Å². The van der Waals surface area contributed by atoms with Crippen molar-refractivity contribution < 1.29 is 0 Å². The smallest absolute Gasteiger partial charge is 0.0546 e. The monoisotopic (exact) mass is 902 g/mol. The predicted molar refractivity (Wildman–Crippen MR) is 303 cm³/mol. The van der Waals surface area contributed by atoms with Gasteiger partial charge in [0.1, 0.15) is 0 Å². The number of hydrogen-bond acceptors (Lipinski definition) is 2. The summed E-state index contributed by atoms with van der Waals surface area (Å²) in [6, 6.07) is 67.0. The Morgan fingerprint density at radius 2 is 0.771 bits per heavy atom. The fourth-order valence-corrected chi connectivity index (χ4v) is 11.2. The fraction of sp³-hybridized carbons (Fsp3) is 0.147. The van der Waals surface area contributed by atoms with E-state index in [2.05, 4.69) is 253 Å². The molecule has 1 atom stereocenters. The van der Waals surface area contributed by atoms with Gasteiger partial charge < -0.3 is 9.80 Å². The topological polar surface area (TPSA) is 6.48 Å². The molecule has 11 aromatic rings. The van der Waals surface area contributed by atoms with E-state index >= 15 is 0 Å². The number of aryl methyl sites for hydroxylation is 6. The molecule has 2 nitrogen and oxygen atoms in total. The summed E-state index contributed by atoms with van der Waals surface area (Å²) in [5, 5.41) is 12.4. The first-order valence-corrected chi connectivity index (χ1v) is 25.0. The minimum Gasteiger partial charge on any atom is -0.310 e. The Balaban J connectivity index is 1.28. The lowest BCUT2D eigenvalue weighted by Crippen LogP contribution is -2.19. The Bertz CT molecular complexity index is 3910. The lowest BCUT2D eigenvalue weighted by atomic mass is 9.83. The molecule has 0 heterocycles. The third-order valence-electron chi connectivity index (χ3n) is 15.8. The van der Waals surface area contributed by atoms with Crippen molar-refractivity contribution in [1.29, 1.82) is 0 Å². The molecule has 11 aromatic carbocycles. The zero-order valence-electron chi connectivity index (χ0n) is 41.6. The molecule has 1 unspecified atom stereocenters. The summed E-state index contributed by atoms with van der Waals surface area (Å²) in [5.74, 6) is 0.487. The Morgan fingerprint density at radius 1 is 0.357 bits per heavy atom. The maximum Gasteiger partial charge on any atom is 0.0546 e. The molecular weight excluding hydrogens is 845 g/mol. The van der Waals surface area contributed by atoms with Crippen LogP contribution < -0.4 is 9.80 Å². The number of allylic oxidation sites excluding steroid dienone is 3. The van der Waals surface area contributed by atoms with Crippen molar-refractivity contribution in [3.8, 4) is 22.3 Å². The van der Waals surface area contributed by atoms with Crippen LogP contribution in [0.4, 0.5) is 28.4 Å². The van der Waals surface area contributed by atoms with Crippen LogP contribution in [0.5, 0.6) is 0 Å². The van der Waals surface area contributed by atoms with Crippen molar-refractivity contribution in [2.75, 3.05) is 9.80 Å². The standard InChI is InChI=1S/C68H58N2/c1-41-23-27-51(35-45(41)5)69(52-28-24-42(2)46(6)36-52)65-39-63(57-21-13-17-49-15-9-11-19-55(49)57)59-32-34-62-66(70(53-29-25-43(3)47(7)37-53)54-30-26-44(4)48(8)38-54)40-64(60-31-33-61(65)67(59)68(60)62)58-22-14-18-50-16-10-12-20-56(50)58/h9-25,27-40,44H,26H2,1-8H3. The molecule has 0 bridgehead atoms. The maximum atomic E-state index is 2.56. The van der Waals surface area contributed by atoms with E-state index in [4.69, 9.17) is 0 Å². The van der Waals surface area contributed by atoms with E-state index in [0.29, 0.717) is 5.92 Å².